The second kappa shape index (κ2) is 8.45. The summed E-state index contributed by atoms with van der Waals surface area (Å²) < 4.78 is 32.2. The second-order valence-corrected chi connectivity index (χ2v) is 7.29. The number of aliphatic hydroxyl groups excluding tert-OH is 5. The van der Waals surface area contributed by atoms with E-state index >= 15 is 0 Å². The molecule has 2 fully saturated rings. The predicted molar refractivity (Wildman–Crippen MR) is 79.3 cm³/mol. The average Bonchev–Trinajstić information content (AvgIpc) is 2.79. The predicted octanol–water partition coefficient (Wildman–Crippen LogP) is -3.72. The van der Waals surface area contributed by atoms with E-state index in [0.717, 1.165) is 0 Å². The van der Waals surface area contributed by atoms with E-state index in [4.69, 9.17) is 18.9 Å². The minimum Gasteiger partial charge on any atom is -0.394 e. The Morgan fingerprint density at radius 3 is 2.08 bits per heavy atom. The molecule has 0 aliphatic carbocycles. The van der Waals surface area contributed by atoms with Crippen molar-refractivity contribution in [2.75, 3.05) is 25.7 Å². The van der Waals surface area contributed by atoms with Crippen LogP contribution in [0.15, 0.2) is 0 Å². The van der Waals surface area contributed by atoms with E-state index in [2.05, 4.69) is 0 Å². The van der Waals surface area contributed by atoms with Gasteiger partial charge in [-0.05, 0) is 0 Å². The molecule has 24 heavy (non-hydrogen) atoms. The van der Waals surface area contributed by atoms with Crippen LogP contribution in [-0.2, 0) is 29.7 Å². The normalized spacial score (nSPS) is 47.7. The number of aliphatic hydroxyl groups is 5. The molecule has 0 aromatic rings. The summed E-state index contributed by atoms with van der Waals surface area (Å²) in [5.41, 5.74) is 0. The molecule has 0 radical (unpaired) electrons. The molecular formula is C13H24O10S. The largest absolute Gasteiger partial charge is 0.394 e. The minimum absolute atomic E-state index is 0.000388. The maximum absolute atomic E-state index is 11.3. The minimum atomic E-state index is -1.48. The van der Waals surface area contributed by atoms with E-state index < -0.39 is 72.7 Å². The zero-order valence-electron chi connectivity index (χ0n) is 13.3. The number of ether oxygens (including phenoxy) is 4. The van der Waals surface area contributed by atoms with Crippen molar-refractivity contribution in [1.82, 2.24) is 0 Å². The van der Waals surface area contributed by atoms with Crippen molar-refractivity contribution in [3.05, 3.63) is 0 Å². The summed E-state index contributed by atoms with van der Waals surface area (Å²) in [4.78, 5) is 0. The molecule has 2 saturated heterocycles. The lowest BCUT2D eigenvalue weighted by atomic mass is 9.99. The van der Waals surface area contributed by atoms with Crippen LogP contribution in [0.3, 0.4) is 0 Å². The molecule has 1 unspecified atom stereocenters. The van der Waals surface area contributed by atoms with Gasteiger partial charge in [0.15, 0.2) is 12.6 Å². The van der Waals surface area contributed by atoms with E-state index in [1.165, 1.54) is 13.4 Å². The molecule has 0 bridgehead atoms. The van der Waals surface area contributed by atoms with E-state index in [9.17, 15) is 29.7 Å². The molecule has 142 valence electrons. The Hall–Kier alpha value is -0.210. The maximum Gasteiger partial charge on any atom is 0.187 e. The third kappa shape index (κ3) is 4.12. The van der Waals surface area contributed by atoms with Crippen LogP contribution in [0, 0.1) is 0 Å². The van der Waals surface area contributed by atoms with Crippen LogP contribution in [0.4, 0.5) is 0 Å². The fourth-order valence-corrected chi connectivity index (χ4v) is 3.50. The number of hydrogen-bond donors (Lipinski definition) is 5. The molecule has 2 rings (SSSR count). The number of hydrogen-bond acceptors (Lipinski definition) is 10. The SMILES string of the molecule is CO[C@H]1O[C@H](CO)[C@@H](O[C@@H]2O[C@@H](CS(C)=O)[C@@H](O)[C@@H]2O)[C@H](O)[C@@H]1O. The van der Waals surface area contributed by atoms with Crippen molar-refractivity contribution in [3.8, 4) is 0 Å². The van der Waals surface area contributed by atoms with Crippen LogP contribution in [-0.4, -0.2) is 111 Å². The van der Waals surface area contributed by atoms with Crippen LogP contribution in [0.25, 0.3) is 0 Å². The molecule has 2 aliphatic rings. The Morgan fingerprint density at radius 2 is 1.54 bits per heavy atom. The van der Waals surface area contributed by atoms with Gasteiger partial charge in [0, 0.05) is 24.2 Å². The summed E-state index contributed by atoms with van der Waals surface area (Å²) in [6.07, 6.45) is -9.90. The number of rotatable bonds is 6. The summed E-state index contributed by atoms with van der Waals surface area (Å²) >= 11 is 0. The standard InChI is InChI=1S/C13H24O10S/c1-20-12-10(18)8(16)11(5(3-14)21-12)23-13-9(17)7(15)6(22-13)4-24(2)19/h5-18H,3-4H2,1-2H3/t5-,6+,7-,8-,9+,10+,11-,12+,13+,24?/m1/s1. The smallest absolute Gasteiger partial charge is 0.187 e. The van der Waals surface area contributed by atoms with Crippen molar-refractivity contribution in [2.45, 2.75) is 55.3 Å². The quantitative estimate of drug-likeness (QED) is 0.314. The number of methoxy groups -OCH3 is 1. The third-order valence-electron chi connectivity index (χ3n) is 4.06. The summed E-state index contributed by atoms with van der Waals surface area (Å²) in [6, 6.07) is 0. The van der Waals surface area contributed by atoms with E-state index in [1.807, 2.05) is 0 Å². The molecule has 11 heteroatoms. The highest BCUT2D eigenvalue weighted by Gasteiger charge is 2.50. The molecular weight excluding hydrogens is 348 g/mol. The molecule has 0 amide bonds. The van der Waals surface area contributed by atoms with Crippen LogP contribution in [0.5, 0.6) is 0 Å². The van der Waals surface area contributed by atoms with Gasteiger partial charge in [-0.2, -0.15) is 0 Å². The van der Waals surface area contributed by atoms with E-state index in [1.54, 1.807) is 0 Å². The van der Waals surface area contributed by atoms with Gasteiger partial charge in [0.1, 0.15) is 42.7 Å². The molecule has 0 saturated carbocycles. The molecule has 10 nitrogen and oxygen atoms in total. The Labute approximate surface area is 141 Å². The average molecular weight is 372 g/mol. The Balaban J connectivity index is 2.06. The van der Waals surface area contributed by atoms with Crippen molar-refractivity contribution < 1.29 is 48.7 Å². The Bertz CT molecular complexity index is 435. The van der Waals surface area contributed by atoms with Crippen molar-refractivity contribution >= 4 is 10.8 Å². The summed E-state index contributed by atoms with van der Waals surface area (Å²) in [5.74, 6) is -0.000388. The first-order valence-electron chi connectivity index (χ1n) is 7.42. The molecule has 0 aromatic heterocycles. The monoisotopic (exact) mass is 372 g/mol. The highest BCUT2D eigenvalue weighted by atomic mass is 32.2. The Morgan fingerprint density at radius 1 is 0.958 bits per heavy atom. The maximum atomic E-state index is 11.3. The Kier molecular flexibility index (Phi) is 7.08. The zero-order chi connectivity index (χ0) is 18.0. The fourth-order valence-electron chi connectivity index (χ4n) is 2.77. The lowest BCUT2D eigenvalue weighted by Crippen LogP contribution is -2.61. The van der Waals surface area contributed by atoms with E-state index in [0.29, 0.717) is 0 Å². The van der Waals surface area contributed by atoms with Gasteiger partial charge < -0.3 is 44.5 Å². The van der Waals surface area contributed by atoms with Gasteiger partial charge in [0.05, 0.1) is 12.4 Å². The van der Waals surface area contributed by atoms with E-state index in [-0.39, 0.29) is 5.75 Å². The fraction of sp³-hybridized carbons (Fsp3) is 1.00. The van der Waals surface area contributed by atoms with Gasteiger partial charge >= 0.3 is 0 Å². The van der Waals surface area contributed by atoms with Crippen LogP contribution >= 0.6 is 0 Å². The molecule has 2 aliphatic heterocycles. The highest BCUT2D eigenvalue weighted by Crippen LogP contribution is 2.29. The first-order valence-corrected chi connectivity index (χ1v) is 9.15. The molecule has 0 spiro atoms. The highest BCUT2D eigenvalue weighted by molar-refractivity contribution is 7.84. The zero-order valence-corrected chi connectivity index (χ0v) is 14.1. The van der Waals surface area contributed by atoms with Gasteiger partial charge in [-0.25, -0.2) is 0 Å². The van der Waals surface area contributed by atoms with Crippen molar-refractivity contribution in [3.63, 3.8) is 0 Å². The van der Waals surface area contributed by atoms with Gasteiger partial charge in [0.25, 0.3) is 0 Å². The van der Waals surface area contributed by atoms with Gasteiger partial charge in [0.2, 0.25) is 0 Å². The summed E-state index contributed by atoms with van der Waals surface area (Å²) in [5, 5.41) is 49.4. The summed E-state index contributed by atoms with van der Waals surface area (Å²) in [6.45, 7) is -0.540. The van der Waals surface area contributed by atoms with Crippen LogP contribution < -0.4 is 0 Å². The van der Waals surface area contributed by atoms with Crippen molar-refractivity contribution in [2.24, 2.45) is 0 Å². The summed E-state index contributed by atoms with van der Waals surface area (Å²) in [7, 11) is 0.00744. The lowest BCUT2D eigenvalue weighted by Gasteiger charge is -2.42. The topological polar surface area (TPSA) is 155 Å². The molecule has 10 atom stereocenters. The van der Waals surface area contributed by atoms with Crippen LogP contribution in [0.2, 0.25) is 0 Å². The third-order valence-corrected chi connectivity index (χ3v) is 4.86. The molecule has 2 heterocycles. The molecule has 5 N–H and O–H groups in total. The van der Waals surface area contributed by atoms with Crippen molar-refractivity contribution in [1.29, 1.82) is 0 Å². The first-order chi connectivity index (χ1) is 11.3. The van der Waals surface area contributed by atoms with Gasteiger partial charge in [-0.1, -0.05) is 0 Å². The molecule has 0 aromatic carbocycles. The van der Waals surface area contributed by atoms with Gasteiger partial charge in [-0.15, -0.1) is 0 Å². The van der Waals surface area contributed by atoms with Crippen LogP contribution in [0.1, 0.15) is 0 Å². The lowest BCUT2D eigenvalue weighted by molar-refractivity contribution is -0.325. The second-order valence-electron chi connectivity index (χ2n) is 5.81. The van der Waals surface area contributed by atoms with Gasteiger partial charge in [-0.3, -0.25) is 4.21 Å². The first kappa shape index (κ1) is 20.1.